The van der Waals surface area contributed by atoms with E-state index in [0.29, 0.717) is 24.8 Å². The highest BCUT2D eigenvalue weighted by atomic mass is 16.5. The molecule has 2 aliphatic rings. The molecule has 37 heavy (non-hydrogen) atoms. The van der Waals surface area contributed by atoms with E-state index < -0.39 is 23.9 Å². The van der Waals surface area contributed by atoms with Crippen molar-refractivity contribution < 1.29 is 29.6 Å². The van der Waals surface area contributed by atoms with Crippen LogP contribution < -0.4 is 0 Å². The molecule has 0 radical (unpaired) electrons. The number of imide groups is 1. The van der Waals surface area contributed by atoms with Crippen molar-refractivity contribution in [2.45, 2.75) is 45.1 Å². The number of nitrogens with zero attached hydrogens (tertiary/aromatic N) is 1. The second-order valence-corrected chi connectivity index (χ2v) is 10.2. The predicted octanol–water partition coefficient (Wildman–Crippen LogP) is 4.06. The summed E-state index contributed by atoms with van der Waals surface area (Å²) in [5, 5.41) is 33.7. The highest BCUT2D eigenvalue weighted by Gasteiger charge is 2.53. The average molecular weight is 508 g/mol. The van der Waals surface area contributed by atoms with E-state index in [1.165, 1.54) is 12.6 Å². The van der Waals surface area contributed by atoms with Gasteiger partial charge in [-0.2, -0.15) is 0 Å². The molecule has 1 fully saturated rings. The summed E-state index contributed by atoms with van der Waals surface area (Å²) >= 11 is 0. The second kappa shape index (κ2) is 11.6. The fourth-order valence-electron chi connectivity index (χ4n) is 6.14. The molecule has 1 aliphatic heterocycles. The molecule has 198 valence electrons. The van der Waals surface area contributed by atoms with Gasteiger partial charge in [-0.1, -0.05) is 55.3 Å². The minimum absolute atomic E-state index is 0.232. The standard InChI is InChI=1S/C30H37NO6/c1-4-7-18(14-19-11-13-25(33)22-9-6-5-8-21(19)22)10-12-26(34)27-20(17-37-3)15-23-28(24(27)16-32)30(36)31(2)29(23)35/h5-6,8-9,11,13-14,23-24,26,28,32-34H,4,7,10,12,15-17H2,1-3H3/b18-14+/t23-,24+,26-,28-/m1/s1. The van der Waals surface area contributed by atoms with Gasteiger partial charge in [0.15, 0.2) is 0 Å². The first-order valence-corrected chi connectivity index (χ1v) is 13.0. The van der Waals surface area contributed by atoms with Gasteiger partial charge in [0.25, 0.3) is 0 Å². The van der Waals surface area contributed by atoms with Crippen LogP contribution in [0.5, 0.6) is 5.75 Å². The third kappa shape index (κ3) is 5.21. The molecule has 0 bridgehead atoms. The fraction of sp³-hybridized carbons (Fsp3) is 0.467. The van der Waals surface area contributed by atoms with Gasteiger partial charge < -0.3 is 20.1 Å². The summed E-state index contributed by atoms with van der Waals surface area (Å²) in [6, 6.07) is 11.3. The zero-order chi connectivity index (χ0) is 26.7. The van der Waals surface area contributed by atoms with Gasteiger partial charge in [-0.05, 0) is 53.8 Å². The van der Waals surface area contributed by atoms with E-state index in [1.54, 1.807) is 13.2 Å². The number of ether oxygens (including phenoxy) is 1. The molecule has 3 N–H and O–H groups in total. The highest BCUT2D eigenvalue weighted by Crippen LogP contribution is 2.46. The molecule has 7 heteroatoms. The average Bonchev–Trinajstić information content (AvgIpc) is 3.11. The molecule has 1 aliphatic carbocycles. The molecule has 4 atom stereocenters. The number of phenolic OH excluding ortho intramolecular Hbond substituents is 1. The first-order valence-electron chi connectivity index (χ1n) is 13.0. The molecule has 4 rings (SSSR count). The van der Waals surface area contributed by atoms with Crippen LogP contribution >= 0.6 is 0 Å². The third-order valence-electron chi connectivity index (χ3n) is 7.88. The number of allylic oxidation sites excluding steroid dienone is 1. The lowest BCUT2D eigenvalue weighted by molar-refractivity contribution is -0.138. The number of hydrogen-bond donors (Lipinski definition) is 3. The fourth-order valence-corrected chi connectivity index (χ4v) is 6.14. The Balaban J connectivity index is 1.62. The molecule has 7 nitrogen and oxygen atoms in total. The Labute approximate surface area is 218 Å². The lowest BCUT2D eigenvalue weighted by atomic mass is 9.68. The van der Waals surface area contributed by atoms with E-state index in [0.717, 1.165) is 39.7 Å². The van der Waals surface area contributed by atoms with Crippen LogP contribution in [0.25, 0.3) is 16.8 Å². The van der Waals surface area contributed by atoms with Gasteiger partial charge in [0, 0.05) is 25.5 Å². The summed E-state index contributed by atoms with van der Waals surface area (Å²) < 4.78 is 5.39. The predicted molar refractivity (Wildman–Crippen MR) is 143 cm³/mol. The molecule has 0 unspecified atom stereocenters. The Hall–Kier alpha value is -3.00. The lowest BCUT2D eigenvalue weighted by Gasteiger charge is -2.36. The largest absolute Gasteiger partial charge is 0.507 e. The number of amides is 2. The van der Waals surface area contributed by atoms with Crippen LogP contribution in [0.4, 0.5) is 0 Å². The van der Waals surface area contributed by atoms with Gasteiger partial charge in [0.1, 0.15) is 5.75 Å². The Morgan fingerprint density at radius 2 is 1.86 bits per heavy atom. The zero-order valence-electron chi connectivity index (χ0n) is 21.8. The summed E-state index contributed by atoms with van der Waals surface area (Å²) in [7, 11) is 3.05. The Morgan fingerprint density at radius 3 is 2.54 bits per heavy atom. The minimum atomic E-state index is -0.867. The van der Waals surface area contributed by atoms with Crippen LogP contribution in [0.15, 0.2) is 53.1 Å². The van der Waals surface area contributed by atoms with Gasteiger partial charge >= 0.3 is 0 Å². The van der Waals surface area contributed by atoms with E-state index in [4.69, 9.17) is 4.74 Å². The second-order valence-electron chi connectivity index (χ2n) is 10.2. The van der Waals surface area contributed by atoms with Crippen LogP contribution in [0.2, 0.25) is 0 Å². The van der Waals surface area contributed by atoms with Gasteiger partial charge in [-0.3, -0.25) is 14.5 Å². The number of aliphatic hydroxyl groups is 2. The van der Waals surface area contributed by atoms with Crippen molar-refractivity contribution in [3.63, 3.8) is 0 Å². The number of carbonyl (C=O) groups excluding carboxylic acids is 2. The molecule has 0 spiro atoms. The maximum Gasteiger partial charge on any atom is 0.233 e. The summed E-state index contributed by atoms with van der Waals surface area (Å²) in [6.07, 6.45) is 4.49. The van der Waals surface area contributed by atoms with Crippen molar-refractivity contribution >= 4 is 28.7 Å². The number of fused-ring (bicyclic) bond motifs is 2. The number of aliphatic hydroxyl groups excluding tert-OH is 2. The molecular formula is C30H37NO6. The van der Waals surface area contributed by atoms with E-state index in [9.17, 15) is 24.9 Å². The SMILES string of the molecule is CCC/C(=C\c1ccc(O)c2ccccc12)CC[C@@H](O)C1=C(COC)C[C@H]2C(=O)N(C)C(=O)[C@H]2[C@H]1CO. The highest BCUT2D eigenvalue weighted by molar-refractivity contribution is 6.05. The number of likely N-dealkylation sites (tertiary alicyclic amines) is 1. The molecule has 2 amide bonds. The van der Waals surface area contributed by atoms with Crippen LogP contribution in [0.1, 0.15) is 44.6 Å². The number of benzene rings is 2. The Bertz CT molecular complexity index is 1230. The summed E-state index contributed by atoms with van der Waals surface area (Å²) in [5.74, 6) is -2.06. The van der Waals surface area contributed by atoms with Crippen molar-refractivity contribution in [2.75, 3.05) is 27.4 Å². The van der Waals surface area contributed by atoms with Crippen molar-refractivity contribution in [2.24, 2.45) is 17.8 Å². The van der Waals surface area contributed by atoms with Crippen molar-refractivity contribution in [1.29, 1.82) is 0 Å². The zero-order valence-corrected chi connectivity index (χ0v) is 21.8. The smallest absolute Gasteiger partial charge is 0.233 e. The molecule has 1 heterocycles. The monoisotopic (exact) mass is 507 g/mol. The number of hydrogen-bond acceptors (Lipinski definition) is 6. The van der Waals surface area contributed by atoms with Crippen molar-refractivity contribution in [3.05, 3.63) is 58.7 Å². The topological polar surface area (TPSA) is 107 Å². The lowest BCUT2D eigenvalue weighted by Crippen LogP contribution is -2.39. The number of phenols is 1. The summed E-state index contributed by atoms with van der Waals surface area (Å²) in [6.45, 7) is 2.04. The Kier molecular flexibility index (Phi) is 8.47. The number of rotatable bonds is 10. The molecular weight excluding hydrogens is 470 g/mol. The molecule has 2 aromatic rings. The normalized spacial score (nSPS) is 23.2. The van der Waals surface area contributed by atoms with Crippen molar-refractivity contribution in [1.82, 2.24) is 4.90 Å². The van der Waals surface area contributed by atoms with Gasteiger partial charge in [-0.25, -0.2) is 0 Å². The van der Waals surface area contributed by atoms with Crippen LogP contribution in [-0.4, -0.2) is 65.5 Å². The first kappa shape index (κ1) is 27.0. The van der Waals surface area contributed by atoms with Crippen molar-refractivity contribution in [3.8, 4) is 5.75 Å². The maximum atomic E-state index is 12.9. The van der Waals surface area contributed by atoms with E-state index >= 15 is 0 Å². The molecule has 0 saturated carbocycles. The third-order valence-corrected chi connectivity index (χ3v) is 7.88. The Morgan fingerprint density at radius 1 is 1.14 bits per heavy atom. The first-order chi connectivity index (χ1) is 17.8. The number of methoxy groups -OCH3 is 1. The van der Waals surface area contributed by atoms with Crippen LogP contribution in [0.3, 0.4) is 0 Å². The van der Waals surface area contributed by atoms with Gasteiger partial charge in [0.2, 0.25) is 11.8 Å². The number of carbonyl (C=O) groups is 2. The summed E-state index contributed by atoms with van der Waals surface area (Å²) in [5.41, 5.74) is 3.63. The number of aromatic hydroxyl groups is 1. The van der Waals surface area contributed by atoms with Gasteiger partial charge in [0.05, 0.1) is 31.2 Å². The summed E-state index contributed by atoms with van der Waals surface area (Å²) in [4.78, 5) is 26.7. The minimum Gasteiger partial charge on any atom is -0.507 e. The van der Waals surface area contributed by atoms with Crippen LogP contribution in [0, 0.1) is 17.8 Å². The quantitative estimate of drug-likeness (QED) is 0.331. The van der Waals surface area contributed by atoms with E-state index in [-0.39, 0.29) is 30.8 Å². The van der Waals surface area contributed by atoms with Crippen LogP contribution in [-0.2, 0) is 14.3 Å². The van der Waals surface area contributed by atoms with E-state index in [2.05, 4.69) is 13.0 Å². The molecule has 0 aromatic heterocycles. The van der Waals surface area contributed by atoms with E-state index in [1.807, 2.05) is 30.3 Å². The van der Waals surface area contributed by atoms with Gasteiger partial charge in [-0.15, -0.1) is 0 Å². The molecule has 2 aromatic carbocycles. The molecule has 1 saturated heterocycles. The maximum absolute atomic E-state index is 12.9.